The lowest BCUT2D eigenvalue weighted by Crippen LogP contribution is -2.47. The molecule has 0 bridgehead atoms. The second-order valence-corrected chi connectivity index (χ2v) is 11.8. The third kappa shape index (κ3) is 2.84. The molecule has 0 aromatic carbocycles. The minimum Gasteiger partial charge on any atom is -0.0827 e. The molecule has 0 heterocycles. The van der Waals surface area contributed by atoms with Gasteiger partial charge in [0.1, 0.15) is 0 Å². The van der Waals surface area contributed by atoms with E-state index in [9.17, 15) is 0 Å². The summed E-state index contributed by atoms with van der Waals surface area (Å²) in [5.41, 5.74) is 8.40. The number of hydrogen-bond donors (Lipinski definition) is 0. The van der Waals surface area contributed by atoms with Gasteiger partial charge in [-0.15, -0.1) is 0 Å². The summed E-state index contributed by atoms with van der Waals surface area (Å²) in [4.78, 5) is 0. The smallest absolute Gasteiger partial charge is 0.00360 e. The quantitative estimate of drug-likeness (QED) is 0.431. The summed E-state index contributed by atoms with van der Waals surface area (Å²) in [5, 5.41) is 0. The van der Waals surface area contributed by atoms with Crippen LogP contribution in [0, 0.1) is 34.0 Å². The molecular weight excluding hydrogens is 324 g/mol. The molecule has 0 nitrogen and oxygen atoms in total. The standard InChI is InChI=1S/C27H42/c1-18(2)17-19(3)21-10-11-22-20-9-12-24-25(4,5)14-8-15-27(24,7)23(20)13-16-26(21,22)6/h11,17,19,21,24H,8-10,12-16H2,1-7H3/t19-,21-,24?,26-,27-/m1/s1. The monoisotopic (exact) mass is 366 g/mol. The van der Waals surface area contributed by atoms with Gasteiger partial charge in [-0.25, -0.2) is 0 Å². The van der Waals surface area contributed by atoms with Crippen molar-refractivity contribution in [2.24, 2.45) is 34.0 Å². The minimum atomic E-state index is 0.414. The van der Waals surface area contributed by atoms with Crippen molar-refractivity contribution in [3.63, 3.8) is 0 Å². The molecule has 1 unspecified atom stereocenters. The molecule has 0 saturated heterocycles. The van der Waals surface area contributed by atoms with Gasteiger partial charge in [-0.3, -0.25) is 0 Å². The summed E-state index contributed by atoms with van der Waals surface area (Å²) in [6.07, 6.45) is 16.3. The Labute approximate surface area is 168 Å². The van der Waals surface area contributed by atoms with Crippen LogP contribution in [0.25, 0.3) is 0 Å². The van der Waals surface area contributed by atoms with Gasteiger partial charge in [0.2, 0.25) is 0 Å². The van der Waals surface area contributed by atoms with E-state index < -0.39 is 0 Å². The zero-order valence-electron chi connectivity index (χ0n) is 19.0. The van der Waals surface area contributed by atoms with E-state index in [1.165, 1.54) is 56.9 Å². The summed E-state index contributed by atoms with van der Waals surface area (Å²) >= 11 is 0. The second kappa shape index (κ2) is 6.36. The van der Waals surface area contributed by atoms with Crippen LogP contribution < -0.4 is 0 Å². The summed E-state index contributed by atoms with van der Waals surface area (Å²) in [7, 11) is 0. The minimum absolute atomic E-state index is 0.414. The molecule has 5 atom stereocenters. The number of rotatable bonds is 2. The number of fused-ring (bicyclic) bond motifs is 4. The molecule has 150 valence electrons. The molecule has 0 aromatic rings. The van der Waals surface area contributed by atoms with Gasteiger partial charge in [0.15, 0.2) is 0 Å². The first-order chi connectivity index (χ1) is 12.6. The van der Waals surface area contributed by atoms with E-state index >= 15 is 0 Å². The molecule has 1 fully saturated rings. The molecule has 4 rings (SSSR count). The van der Waals surface area contributed by atoms with E-state index in [1.54, 1.807) is 5.57 Å². The first kappa shape index (κ1) is 19.5. The highest BCUT2D eigenvalue weighted by molar-refractivity contribution is 5.50. The molecule has 4 aliphatic rings. The van der Waals surface area contributed by atoms with Crippen LogP contribution in [-0.2, 0) is 0 Å². The van der Waals surface area contributed by atoms with Crippen molar-refractivity contribution in [1.82, 2.24) is 0 Å². The highest BCUT2D eigenvalue weighted by atomic mass is 14.6. The van der Waals surface area contributed by atoms with Crippen molar-refractivity contribution in [3.8, 4) is 0 Å². The van der Waals surface area contributed by atoms with Gasteiger partial charge in [-0.2, -0.15) is 0 Å². The van der Waals surface area contributed by atoms with E-state index in [2.05, 4.69) is 60.6 Å². The van der Waals surface area contributed by atoms with Gasteiger partial charge in [-0.1, -0.05) is 64.3 Å². The summed E-state index contributed by atoms with van der Waals surface area (Å²) in [5.74, 6) is 2.38. The van der Waals surface area contributed by atoms with Gasteiger partial charge in [0, 0.05) is 0 Å². The zero-order chi connectivity index (χ0) is 19.6. The third-order valence-electron chi connectivity index (χ3n) is 9.43. The third-order valence-corrected chi connectivity index (χ3v) is 9.43. The Bertz CT molecular complexity index is 710. The van der Waals surface area contributed by atoms with Crippen LogP contribution in [0.1, 0.15) is 99.8 Å². The highest BCUT2D eigenvalue weighted by Gasteiger charge is 2.55. The lowest BCUT2D eigenvalue weighted by Gasteiger charge is -2.58. The molecule has 0 spiro atoms. The van der Waals surface area contributed by atoms with Gasteiger partial charge in [-0.05, 0) is 104 Å². The molecular formula is C27H42. The summed E-state index contributed by atoms with van der Waals surface area (Å²) in [6.45, 7) is 17.3. The molecule has 0 N–H and O–H groups in total. The molecule has 4 aliphatic carbocycles. The largest absolute Gasteiger partial charge is 0.0827 e. The van der Waals surface area contributed by atoms with Crippen LogP contribution in [0.3, 0.4) is 0 Å². The Kier molecular flexibility index (Phi) is 4.60. The Morgan fingerprint density at radius 2 is 1.78 bits per heavy atom. The van der Waals surface area contributed by atoms with Crippen molar-refractivity contribution >= 4 is 0 Å². The van der Waals surface area contributed by atoms with Crippen LogP contribution in [0.5, 0.6) is 0 Å². The maximum Gasteiger partial charge on any atom is -0.00360 e. The van der Waals surface area contributed by atoms with E-state index in [1.807, 2.05) is 11.1 Å². The van der Waals surface area contributed by atoms with Crippen LogP contribution in [0.2, 0.25) is 0 Å². The van der Waals surface area contributed by atoms with Crippen molar-refractivity contribution in [3.05, 3.63) is 34.4 Å². The average molecular weight is 367 g/mol. The molecule has 0 amide bonds. The number of hydrogen-bond acceptors (Lipinski definition) is 0. The fourth-order valence-electron chi connectivity index (χ4n) is 8.26. The predicted octanol–water partition coefficient (Wildman–Crippen LogP) is 8.26. The Balaban J connectivity index is 1.71. The lowest BCUT2D eigenvalue weighted by molar-refractivity contribution is 0.00630. The predicted molar refractivity (Wildman–Crippen MR) is 118 cm³/mol. The highest BCUT2D eigenvalue weighted by Crippen LogP contribution is 2.66. The zero-order valence-corrected chi connectivity index (χ0v) is 19.0. The fraction of sp³-hybridized carbons (Fsp3) is 0.778. The molecule has 0 aliphatic heterocycles. The van der Waals surface area contributed by atoms with E-state index in [4.69, 9.17) is 0 Å². The van der Waals surface area contributed by atoms with Crippen LogP contribution in [0.15, 0.2) is 34.4 Å². The average Bonchev–Trinajstić information content (AvgIpc) is 2.90. The van der Waals surface area contributed by atoms with Crippen molar-refractivity contribution in [2.75, 3.05) is 0 Å². The first-order valence-corrected chi connectivity index (χ1v) is 11.7. The lowest BCUT2D eigenvalue weighted by atomic mass is 9.47. The van der Waals surface area contributed by atoms with Crippen molar-refractivity contribution in [1.29, 1.82) is 0 Å². The molecule has 0 radical (unpaired) electrons. The summed E-state index contributed by atoms with van der Waals surface area (Å²) < 4.78 is 0. The van der Waals surface area contributed by atoms with Gasteiger partial charge in [0.25, 0.3) is 0 Å². The Morgan fingerprint density at radius 1 is 1.04 bits per heavy atom. The molecule has 0 heteroatoms. The van der Waals surface area contributed by atoms with Crippen molar-refractivity contribution in [2.45, 2.75) is 99.8 Å². The Morgan fingerprint density at radius 3 is 2.48 bits per heavy atom. The first-order valence-electron chi connectivity index (χ1n) is 11.7. The molecule has 0 aromatic heterocycles. The fourth-order valence-corrected chi connectivity index (χ4v) is 8.26. The molecule has 27 heavy (non-hydrogen) atoms. The van der Waals surface area contributed by atoms with Gasteiger partial charge in [0.05, 0.1) is 0 Å². The van der Waals surface area contributed by atoms with Crippen LogP contribution in [-0.4, -0.2) is 0 Å². The SMILES string of the molecule is CC(C)=C[C@@H](C)[C@H]1CC=C2C3=C(CC[C@@]21C)[C@@]1(C)CCCC(C)(C)C1CC3. The second-order valence-electron chi connectivity index (χ2n) is 11.8. The van der Waals surface area contributed by atoms with Gasteiger partial charge < -0.3 is 0 Å². The maximum atomic E-state index is 2.67. The normalized spacial score (nSPS) is 41.2. The van der Waals surface area contributed by atoms with E-state index in [0.29, 0.717) is 22.2 Å². The van der Waals surface area contributed by atoms with Gasteiger partial charge >= 0.3 is 0 Å². The van der Waals surface area contributed by atoms with E-state index in [-0.39, 0.29) is 0 Å². The van der Waals surface area contributed by atoms with Crippen LogP contribution >= 0.6 is 0 Å². The number of allylic oxidation sites excluding steroid dienone is 6. The van der Waals surface area contributed by atoms with Crippen molar-refractivity contribution < 1.29 is 0 Å². The molecule has 1 saturated carbocycles. The van der Waals surface area contributed by atoms with Crippen LogP contribution in [0.4, 0.5) is 0 Å². The summed E-state index contributed by atoms with van der Waals surface area (Å²) in [6, 6.07) is 0. The van der Waals surface area contributed by atoms with E-state index in [0.717, 1.165) is 11.8 Å². The Hall–Kier alpha value is -0.780. The topological polar surface area (TPSA) is 0 Å². The maximum absolute atomic E-state index is 2.67.